The minimum Gasteiger partial charge on any atom is -0.320 e. The molecule has 6 heteroatoms. The van der Waals surface area contributed by atoms with E-state index in [0.29, 0.717) is 22.8 Å². The maximum atomic E-state index is 13.1. The molecule has 2 N–H and O–H groups in total. The van der Waals surface area contributed by atoms with Gasteiger partial charge in [0.2, 0.25) is 5.91 Å². The smallest absolute Gasteiger partial charge is 0.255 e. The Labute approximate surface area is 179 Å². The molecule has 0 bridgehead atoms. The van der Waals surface area contributed by atoms with E-state index in [2.05, 4.69) is 20.6 Å². The molecule has 0 saturated heterocycles. The van der Waals surface area contributed by atoms with Gasteiger partial charge in [0.05, 0.1) is 11.4 Å². The molecule has 0 radical (unpaired) electrons. The van der Waals surface area contributed by atoms with Gasteiger partial charge in [0.1, 0.15) is 5.82 Å². The molecule has 1 aliphatic rings. The van der Waals surface area contributed by atoms with Crippen molar-refractivity contribution in [2.24, 2.45) is 5.92 Å². The van der Waals surface area contributed by atoms with Crippen molar-refractivity contribution in [3.8, 4) is 11.3 Å². The van der Waals surface area contributed by atoms with E-state index in [1.807, 2.05) is 60.8 Å². The minimum atomic E-state index is -0.292. The molecule has 152 valence electrons. The number of rotatable bonds is 5. The average Bonchev–Trinajstić information content (AvgIpc) is 3.66. The molecule has 0 unspecified atom stereocenters. The van der Waals surface area contributed by atoms with Crippen LogP contribution in [-0.4, -0.2) is 21.8 Å². The number of amides is 2. The monoisotopic (exact) mass is 408 g/mol. The molecule has 2 amide bonds. The summed E-state index contributed by atoms with van der Waals surface area (Å²) in [6.07, 6.45) is 5.15. The highest BCUT2D eigenvalue weighted by Gasteiger charge is 2.29. The van der Waals surface area contributed by atoms with Gasteiger partial charge in [0.15, 0.2) is 0 Å². The van der Waals surface area contributed by atoms with Crippen molar-refractivity contribution in [2.75, 3.05) is 10.6 Å². The Balaban J connectivity index is 1.50. The van der Waals surface area contributed by atoms with Crippen LogP contribution in [0.5, 0.6) is 0 Å². The zero-order valence-corrected chi connectivity index (χ0v) is 16.7. The molecule has 1 aliphatic carbocycles. The molecule has 2 heterocycles. The van der Waals surface area contributed by atoms with Gasteiger partial charge in [0, 0.05) is 40.2 Å². The second-order valence-electron chi connectivity index (χ2n) is 7.58. The number of pyridine rings is 2. The highest BCUT2D eigenvalue weighted by molar-refractivity contribution is 6.12. The first kappa shape index (κ1) is 18.9. The fourth-order valence-corrected chi connectivity index (χ4v) is 3.50. The largest absolute Gasteiger partial charge is 0.320 e. The Hall–Kier alpha value is -4.06. The number of aromatic nitrogens is 2. The number of carbonyl (C=O) groups excluding carboxylic acids is 2. The van der Waals surface area contributed by atoms with Crippen LogP contribution in [0.4, 0.5) is 11.5 Å². The summed E-state index contributed by atoms with van der Waals surface area (Å²) in [4.78, 5) is 34.0. The van der Waals surface area contributed by atoms with Gasteiger partial charge in [-0.25, -0.2) is 4.98 Å². The van der Waals surface area contributed by atoms with Gasteiger partial charge in [-0.2, -0.15) is 0 Å². The normalized spacial score (nSPS) is 13.0. The lowest BCUT2D eigenvalue weighted by molar-refractivity contribution is -0.117. The first-order valence-corrected chi connectivity index (χ1v) is 10.2. The molecule has 4 aromatic rings. The van der Waals surface area contributed by atoms with E-state index >= 15 is 0 Å². The molecule has 0 atom stereocenters. The molecule has 2 aromatic carbocycles. The molecule has 5 rings (SSSR count). The predicted octanol–water partition coefficient (Wildman–Crippen LogP) is 4.90. The summed E-state index contributed by atoms with van der Waals surface area (Å²) in [5.74, 6) is 0.104. The van der Waals surface area contributed by atoms with Gasteiger partial charge in [-0.3, -0.25) is 14.6 Å². The van der Waals surface area contributed by atoms with Crippen LogP contribution in [0, 0.1) is 5.92 Å². The lowest BCUT2D eigenvalue weighted by Gasteiger charge is -2.14. The van der Waals surface area contributed by atoms with Crippen molar-refractivity contribution < 1.29 is 9.59 Å². The number of fused-ring (bicyclic) bond motifs is 1. The third-order valence-corrected chi connectivity index (χ3v) is 5.31. The van der Waals surface area contributed by atoms with Crippen molar-refractivity contribution in [1.29, 1.82) is 0 Å². The van der Waals surface area contributed by atoms with E-state index in [4.69, 9.17) is 0 Å². The summed E-state index contributed by atoms with van der Waals surface area (Å²) < 4.78 is 0. The fraction of sp³-hybridized carbons (Fsp3) is 0.120. The molecule has 0 aliphatic heterocycles. The van der Waals surface area contributed by atoms with Gasteiger partial charge >= 0.3 is 0 Å². The van der Waals surface area contributed by atoms with Crippen LogP contribution in [0.1, 0.15) is 23.2 Å². The van der Waals surface area contributed by atoms with Gasteiger partial charge in [-0.1, -0.05) is 54.6 Å². The molecule has 0 spiro atoms. The summed E-state index contributed by atoms with van der Waals surface area (Å²) in [7, 11) is 0. The summed E-state index contributed by atoms with van der Waals surface area (Å²) in [6.45, 7) is 0. The number of hydrogen-bond donors (Lipinski definition) is 2. The first-order valence-electron chi connectivity index (χ1n) is 10.2. The van der Waals surface area contributed by atoms with Gasteiger partial charge < -0.3 is 10.6 Å². The van der Waals surface area contributed by atoms with E-state index in [9.17, 15) is 9.59 Å². The fourth-order valence-electron chi connectivity index (χ4n) is 3.50. The molecular formula is C25H20N4O2. The highest BCUT2D eigenvalue weighted by atomic mass is 16.2. The Morgan fingerprint density at radius 2 is 1.65 bits per heavy atom. The van der Waals surface area contributed by atoms with Crippen molar-refractivity contribution in [3.63, 3.8) is 0 Å². The Kier molecular flexibility index (Phi) is 4.88. The standard InChI is InChI=1S/C25H20N4O2/c30-24(17-10-11-17)28-21-14-18(12-13-26-21)25(31)29-23-20-9-5-4-8-19(20)15-27-22(23)16-6-2-1-3-7-16/h1-9,12-15,17H,10-11H2,(H,29,31)(H,26,28,30). The van der Waals surface area contributed by atoms with Crippen molar-refractivity contribution in [2.45, 2.75) is 12.8 Å². The second-order valence-corrected chi connectivity index (χ2v) is 7.58. The van der Waals surface area contributed by atoms with E-state index in [0.717, 1.165) is 29.2 Å². The summed E-state index contributed by atoms with van der Waals surface area (Å²) in [5, 5.41) is 7.67. The molecule has 1 saturated carbocycles. The number of hydrogen-bond acceptors (Lipinski definition) is 4. The lowest BCUT2D eigenvalue weighted by atomic mass is 10.0. The predicted molar refractivity (Wildman–Crippen MR) is 121 cm³/mol. The number of anilines is 2. The minimum absolute atomic E-state index is 0.0466. The number of nitrogens with one attached hydrogen (secondary N) is 2. The van der Waals surface area contributed by atoms with Crippen LogP contribution in [-0.2, 0) is 4.79 Å². The Morgan fingerprint density at radius 3 is 2.45 bits per heavy atom. The third kappa shape index (κ3) is 4.00. The Bertz CT molecular complexity index is 1280. The van der Waals surface area contributed by atoms with Gasteiger partial charge in [0.25, 0.3) is 5.91 Å². The van der Waals surface area contributed by atoms with Gasteiger partial charge in [-0.05, 0) is 25.0 Å². The zero-order chi connectivity index (χ0) is 21.2. The van der Waals surface area contributed by atoms with Crippen LogP contribution in [0.25, 0.3) is 22.0 Å². The lowest BCUT2D eigenvalue weighted by Crippen LogP contribution is -2.17. The van der Waals surface area contributed by atoms with Crippen LogP contribution >= 0.6 is 0 Å². The van der Waals surface area contributed by atoms with Crippen LogP contribution < -0.4 is 10.6 Å². The average molecular weight is 408 g/mol. The van der Waals surface area contributed by atoms with Crippen molar-refractivity contribution >= 4 is 34.1 Å². The van der Waals surface area contributed by atoms with Crippen LogP contribution in [0.3, 0.4) is 0 Å². The van der Waals surface area contributed by atoms with Crippen molar-refractivity contribution in [3.05, 3.63) is 84.7 Å². The molecule has 6 nitrogen and oxygen atoms in total. The summed E-state index contributed by atoms with van der Waals surface area (Å²) >= 11 is 0. The van der Waals surface area contributed by atoms with Crippen LogP contribution in [0.15, 0.2) is 79.1 Å². The molecule has 1 fully saturated rings. The molecule has 2 aromatic heterocycles. The summed E-state index contributed by atoms with van der Waals surface area (Å²) in [6, 6.07) is 20.8. The quantitative estimate of drug-likeness (QED) is 0.492. The maximum Gasteiger partial charge on any atom is 0.255 e. The molecule has 31 heavy (non-hydrogen) atoms. The topological polar surface area (TPSA) is 84.0 Å². The highest BCUT2D eigenvalue weighted by Crippen LogP contribution is 2.33. The van der Waals surface area contributed by atoms with E-state index in [1.54, 1.807) is 12.1 Å². The van der Waals surface area contributed by atoms with Crippen LogP contribution in [0.2, 0.25) is 0 Å². The maximum absolute atomic E-state index is 13.1. The van der Waals surface area contributed by atoms with Gasteiger partial charge in [-0.15, -0.1) is 0 Å². The Morgan fingerprint density at radius 1 is 0.871 bits per heavy atom. The summed E-state index contributed by atoms with van der Waals surface area (Å²) in [5.41, 5.74) is 2.67. The van der Waals surface area contributed by atoms with Crippen molar-refractivity contribution in [1.82, 2.24) is 9.97 Å². The number of nitrogens with zero attached hydrogens (tertiary/aromatic N) is 2. The third-order valence-electron chi connectivity index (χ3n) is 5.31. The second kappa shape index (κ2) is 7.99. The van der Waals surface area contributed by atoms with E-state index in [-0.39, 0.29) is 17.7 Å². The molecular weight excluding hydrogens is 388 g/mol. The number of benzene rings is 2. The SMILES string of the molecule is O=C(Nc1c(-c2ccccc2)ncc2ccccc12)c1ccnc(NC(=O)C2CC2)c1. The zero-order valence-electron chi connectivity index (χ0n) is 16.7. The van der Waals surface area contributed by atoms with E-state index < -0.39 is 0 Å². The van der Waals surface area contributed by atoms with E-state index in [1.165, 1.54) is 6.20 Å². The first-order chi connectivity index (χ1) is 15.2. The number of carbonyl (C=O) groups is 2.